The number of hydrogen-bond donors (Lipinski definition) is 0. The van der Waals surface area contributed by atoms with Gasteiger partial charge in [-0.15, -0.1) is 0 Å². The van der Waals surface area contributed by atoms with E-state index in [1.165, 1.54) is 0 Å². The second kappa shape index (κ2) is 15.9. The zero-order valence-electron chi connectivity index (χ0n) is 26.9. The molecular formula is C34H36Cl6O8. The van der Waals surface area contributed by atoms with Crippen molar-refractivity contribution >= 4 is 93.5 Å². The Bertz CT molecular complexity index is 1490. The minimum atomic E-state index is -1.64. The molecule has 0 N–H and O–H groups in total. The van der Waals surface area contributed by atoms with Gasteiger partial charge in [0.2, 0.25) is 0 Å². The standard InChI is InChI=1S/C34H36Cl6O8/c1-5-17-7-9-33(17,3)11-13-45-29(41)23-25(39)19(35)15-21(37)27(23)47-31(43)32(44)48-28-22(38)16-20(36)26(40)24(28)30(42)46-14-12-34(4)10-8-18(34)6-2/h15-18H,5-14H2,1-4H3. The van der Waals surface area contributed by atoms with Crippen LogP contribution < -0.4 is 9.47 Å². The second-order valence-electron chi connectivity index (χ2n) is 12.9. The SMILES string of the molecule is CCC1CCC1(C)CCOC(=O)c1c(Cl)c(Cl)cc(Cl)c1OC(=O)C(=O)Oc1c(Cl)cc(Cl)c(Cl)c1C(=O)OCCC1(C)CCC1CC. The molecular weight excluding hydrogens is 749 g/mol. The summed E-state index contributed by atoms with van der Waals surface area (Å²) in [4.78, 5) is 52.4. The van der Waals surface area contributed by atoms with E-state index in [2.05, 4.69) is 27.7 Å². The zero-order valence-corrected chi connectivity index (χ0v) is 31.4. The van der Waals surface area contributed by atoms with Crippen LogP contribution in [-0.4, -0.2) is 37.1 Å². The molecule has 2 aliphatic carbocycles. The average molecular weight is 785 g/mol. The van der Waals surface area contributed by atoms with E-state index in [0.29, 0.717) is 24.7 Å². The normalized spacial score (nSPS) is 23.0. The Morgan fingerprint density at radius 3 is 1.29 bits per heavy atom. The second-order valence-corrected chi connectivity index (χ2v) is 15.2. The van der Waals surface area contributed by atoms with Crippen LogP contribution in [0.25, 0.3) is 0 Å². The largest absolute Gasteiger partial charge is 0.462 e. The molecule has 8 nitrogen and oxygen atoms in total. The van der Waals surface area contributed by atoms with Gasteiger partial charge in [0.1, 0.15) is 11.1 Å². The topological polar surface area (TPSA) is 105 Å². The summed E-state index contributed by atoms with van der Waals surface area (Å²) in [7, 11) is 0. The molecule has 262 valence electrons. The third-order valence-electron chi connectivity index (χ3n) is 10.1. The molecule has 0 radical (unpaired) electrons. The summed E-state index contributed by atoms with van der Waals surface area (Å²) in [6.45, 7) is 8.65. The van der Waals surface area contributed by atoms with E-state index in [1.54, 1.807) is 0 Å². The molecule has 2 aliphatic rings. The molecule has 4 unspecified atom stereocenters. The van der Waals surface area contributed by atoms with Gasteiger partial charge in [0, 0.05) is 0 Å². The molecule has 0 aromatic heterocycles. The van der Waals surface area contributed by atoms with E-state index < -0.39 is 46.5 Å². The molecule has 0 heterocycles. The van der Waals surface area contributed by atoms with Crippen LogP contribution in [0.5, 0.6) is 11.5 Å². The van der Waals surface area contributed by atoms with Crippen molar-refractivity contribution in [2.24, 2.45) is 22.7 Å². The van der Waals surface area contributed by atoms with Crippen molar-refractivity contribution < 1.29 is 38.1 Å². The van der Waals surface area contributed by atoms with Gasteiger partial charge < -0.3 is 18.9 Å². The maximum absolute atomic E-state index is 13.2. The van der Waals surface area contributed by atoms with Crippen LogP contribution in [0.1, 0.15) is 99.8 Å². The van der Waals surface area contributed by atoms with Gasteiger partial charge in [-0.25, -0.2) is 19.2 Å². The highest BCUT2D eigenvalue weighted by molar-refractivity contribution is 6.47. The summed E-state index contributed by atoms with van der Waals surface area (Å²) in [6, 6.07) is 2.27. The highest BCUT2D eigenvalue weighted by Gasteiger charge is 2.42. The van der Waals surface area contributed by atoms with E-state index >= 15 is 0 Å². The van der Waals surface area contributed by atoms with Gasteiger partial charge in [-0.3, -0.25) is 0 Å². The Labute approximate surface area is 309 Å². The smallest absolute Gasteiger partial charge is 0.423 e. The summed E-state index contributed by atoms with van der Waals surface area (Å²) in [6.07, 6.45) is 7.51. The summed E-state index contributed by atoms with van der Waals surface area (Å²) in [5.41, 5.74) is -0.839. The first-order chi connectivity index (χ1) is 22.6. The van der Waals surface area contributed by atoms with Crippen LogP contribution in [0.3, 0.4) is 0 Å². The monoisotopic (exact) mass is 782 g/mol. The lowest BCUT2D eigenvalue weighted by Crippen LogP contribution is -2.38. The molecule has 14 heteroatoms. The Kier molecular flexibility index (Phi) is 12.9. The summed E-state index contributed by atoms with van der Waals surface area (Å²) in [5, 5.41) is -1.46. The van der Waals surface area contributed by atoms with Gasteiger partial charge in [0.25, 0.3) is 0 Å². The lowest BCUT2D eigenvalue weighted by molar-refractivity contribution is -0.156. The van der Waals surface area contributed by atoms with E-state index in [1.807, 2.05) is 0 Å². The molecule has 0 aliphatic heterocycles. The molecule has 48 heavy (non-hydrogen) atoms. The van der Waals surface area contributed by atoms with Gasteiger partial charge in [-0.2, -0.15) is 0 Å². The summed E-state index contributed by atoms with van der Waals surface area (Å²) >= 11 is 37.5. The third kappa shape index (κ3) is 8.16. The van der Waals surface area contributed by atoms with Gasteiger partial charge in [-0.05, 0) is 73.3 Å². The van der Waals surface area contributed by atoms with Crippen molar-refractivity contribution in [3.8, 4) is 11.5 Å². The lowest BCUT2D eigenvalue weighted by Gasteiger charge is -2.47. The van der Waals surface area contributed by atoms with Crippen molar-refractivity contribution in [2.45, 2.75) is 79.1 Å². The average Bonchev–Trinajstić information content (AvgIpc) is 3.01. The van der Waals surface area contributed by atoms with Crippen molar-refractivity contribution in [1.29, 1.82) is 0 Å². The molecule has 0 spiro atoms. The van der Waals surface area contributed by atoms with E-state index in [0.717, 1.165) is 50.7 Å². The Hall–Kier alpha value is -1.94. The molecule has 2 fully saturated rings. The first-order valence-corrected chi connectivity index (χ1v) is 18.0. The van der Waals surface area contributed by atoms with Crippen LogP contribution >= 0.6 is 69.6 Å². The molecule has 0 amide bonds. The van der Waals surface area contributed by atoms with Crippen molar-refractivity contribution in [1.82, 2.24) is 0 Å². The first-order valence-electron chi connectivity index (χ1n) is 15.7. The minimum absolute atomic E-state index is 0.0356. The van der Waals surface area contributed by atoms with Gasteiger partial charge in [0.05, 0.1) is 43.3 Å². The van der Waals surface area contributed by atoms with Gasteiger partial charge in [-0.1, -0.05) is 110 Å². The quantitative estimate of drug-likeness (QED) is 0.0907. The predicted molar refractivity (Wildman–Crippen MR) is 186 cm³/mol. The van der Waals surface area contributed by atoms with Crippen LogP contribution in [0.2, 0.25) is 30.1 Å². The van der Waals surface area contributed by atoms with E-state index in [-0.39, 0.29) is 54.2 Å². The Balaban J connectivity index is 1.50. The number of hydrogen-bond acceptors (Lipinski definition) is 8. The van der Waals surface area contributed by atoms with Crippen LogP contribution in [0, 0.1) is 22.7 Å². The predicted octanol–water partition coefficient (Wildman–Crippen LogP) is 10.9. The minimum Gasteiger partial charge on any atom is -0.462 e. The summed E-state index contributed by atoms with van der Waals surface area (Å²) in [5.74, 6) is -5.30. The molecule has 0 saturated heterocycles. The van der Waals surface area contributed by atoms with Crippen LogP contribution in [-0.2, 0) is 19.1 Å². The first kappa shape index (κ1) is 38.9. The van der Waals surface area contributed by atoms with Crippen LogP contribution in [0.15, 0.2) is 12.1 Å². The highest BCUT2D eigenvalue weighted by atomic mass is 35.5. The number of rotatable bonds is 12. The summed E-state index contributed by atoms with van der Waals surface area (Å²) < 4.78 is 21.4. The lowest BCUT2D eigenvalue weighted by atomic mass is 9.59. The molecule has 4 atom stereocenters. The molecule has 2 aromatic carbocycles. The number of carbonyl (C=O) groups is 4. The molecule has 2 aromatic rings. The van der Waals surface area contributed by atoms with E-state index in [4.69, 9.17) is 88.6 Å². The maximum Gasteiger partial charge on any atom is 0.423 e. The fourth-order valence-electron chi connectivity index (χ4n) is 6.62. The van der Waals surface area contributed by atoms with Crippen molar-refractivity contribution in [3.63, 3.8) is 0 Å². The molecule has 4 rings (SSSR count). The van der Waals surface area contributed by atoms with Gasteiger partial charge in [0.15, 0.2) is 11.5 Å². The Morgan fingerprint density at radius 1 is 0.646 bits per heavy atom. The highest BCUT2D eigenvalue weighted by Crippen LogP contribution is 2.51. The van der Waals surface area contributed by atoms with E-state index in [9.17, 15) is 19.2 Å². The number of halogens is 6. The van der Waals surface area contributed by atoms with Crippen LogP contribution in [0.4, 0.5) is 0 Å². The fourth-order valence-corrected chi connectivity index (χ4v) is 8.06. The van der Waals surface area contributed by atoms with Crippen molar-refractivity contribution in [3.05, 3.63) is 53.4 Å². The Morgan fingerprint density at radius 2 is 1.00 bits per heavy atom. The number of esters is 4. The fraction of sp³-hybridized carbons (Fsp3) is 0.529. The number of ether oxygens (including phenoxy) is 4. The molecule has 2 saturated carbocycles. The zero-order chi connectivity index (χ0) is 35.6. The molecule has 0 bridgehead atoms. The maximum atomic E-state index is 13.2. The number of benzene rings is 2. The van der Waals surface area contributed by atoms with Gasteiger partial charge >= 0.3 is 23.9 Å². The third-order valence-corrected chi connectivity index (χ3v) is 12.3. The number of carbonyl (C=O) groups excluding carboxylic acids is 4. The van der Waals surface area contributed by atoms with Crippen molar-refractivity contribution in [2.75, 3.05) is 13.2 Å².